The number of Topliss-reactive ketones (excluding diaryl/α,β-unsaturated/α-hetero) is 1. The Kier molecular flexibility index (Phi) is 3.19. The molecule has 0 spiro atoms. The molecule has 1 saturated heterocycles. The van der Waals surface area contributed by atoms with Gasteiger partial charge in [0.05, 0.1) is 14.2 Å². The Labute approximate surface area is 131 Å². The predicted octanol–water partition coefficient (Wildman–Crippen LogP) is 2.23. The van der Waals surface area contributed by atoms with Gasteiger partial charge >= 0.3 is 0 Å². The molecule has 22 heavy (non-hydrogen) atoms. The van der Waals surface area contributed by atoms with E-state index in [1.54, 1.807) is 14.2 Å². The molecule has 4 rings (SSSR count). The maximum absolute atomic E-state index is 12.2. The standard InChI is InChI=1S/C18H23NO3/c1-21-16-8-11-7-15-13-4-3-12(20)10-18(13,5-6-19-15)14(11)9-17(16)22-2/h8-9,13,15,19H,3-7,10H2,1-2H3/t13-,15+,18-/m0/s1. The summed E-state index contributed by atoms with van der Waals surface area (Å²) in [6.45, 7) is 1.00. The Balaban J connectivity index is 1.90. The molecule has 118 valence electrons. The van der Waals surface area contributed by atoms with E-state index in [-0.39, 0.29) is 5.41 Å². The van der Waals surface area contributed by atoms with Crippen LogP contribution in [0.5, 0.6) is 11.5 Å². The molecule has 1 aromatic rings. The molecule has 0 radical (unpaired) electrons. The van der Waals surface area contributed by atoms with Crippen LogP contribution in [0.25, 0.3) is 0 Å². The Hall–Kier alpha value is -1.55. The SMILES string of the molecule is COc1cc2c(cc1OC)[C@]13CCN[C@H](C2)[C@@H]1CCC(=O)C3. The van der Waals surface area contributed by atoms with Crippen molar-refractivity contribution in [3.8, 4) is 11.5 Å². The summed E-state index contributed by atoms with van der Waals surface area (Å²) in [5.74, 6) is 2.56. The van der Waals surface area contributed by atoms with Gasteiger partial charge in [-0.2, -0.15) is 0 Å². The van der Waals surface area contributed by atoms with Crippen LogP contribution in [0.1, 0.15) is 36.8 Å². The third kappa shape index (κ3) is 1.83. The maximum atomic E-state index is 12.2. The number of hydrogen-bond donors (Lipinski definition) is 1. The highest BCUT2D eigenvalue weighted by Gasteiger charge is 2.53. The second-order valence-electron chi connectivity index (χ2n) is 6.90. The third-order valence-corrected chi connectivity index (χ3v) is 6.01. The molecule has 1 N–H and O–H groups in total. The van der Waals surface area contributed by atoms with Crippen LogP contribution in [0.4, 0.5) is 0 Å². The molecule has 1 saturated carbocycles. The third-order valence-electron chi connectivity index (χ3n) is 6.01. The normalized spacial score (nSPS) is 32.9. The molecule has 2 bridgehead atoms. The lowest BCUT2D eigenvalue weighted by Gasteiger charge is -2.55. The van der Waals surface area contributed by atoms with Gasteiger partial charge < -0.3 is 14.8 Å². The monoisotopic (exact) mass is 301 g/mol. The maximum Gasteiger partial charge on any atom is 0.161 e. The van der Waals surface area contributed by atoms with Crippen LogP contribution in [0.2, 0.25) is 0 Å². The number of hydrogen-bond acceptors (Lipinski definition) is 4. The summed E-state index contributed by atoms with van der Waals surface area (Å²) in [7, 11) is 3.36. The Bertz CT molecular complexity index is 627. The van der Waals surface area contributed by atoms with E-state index in [4.69, 9.17) is 9.47 Å². The number of carbonyl (C=O) groups excluding carboxylic acids is 1. The first kappa shape index (κ1) is 14.1. The number of piperidine rings is 1. The van der Waals surface area contributed by atoms with E-state index in [2.05, 4.69) is 17.4 Å². The van der Waals surface area contributed by atoms with Crippen LogP contribution in [-0.2, 0) is 16.6 Å². The van der Waals surface area contributed by atoms with Crippen LogP contribution in [0.15, 0.2) is 12.1 Å². The molecule has 1 aromatic carbocycles. The molecule has 0 amide bonds. The van der Waals surface area contributed by atoms with Gasteiger partial charge in [-0.1, -0.05) is 0 Å². The fourth-order valence-electron chi connectivity index (χ4n) is 5.08. The second-order valence-corrected chi connectivity index (χ2v) is 6.90. The van der Waals surface area contributed by atoms with Gasteiger partial charge in [0.2, 0.25) is 0 Å². The summed E-state index contributed by atoms with van der Waals surface area (Å²) in [6.07, 6.45) is 4.52. The summed E-state index contributed by atoms with van der Waals surface area (Å²) in [5.41, 5.74) is 2.67. The number of fused-ring (bicyclic) bond motifs is 1. The van der Waals surface area contributed by atoms with Crippen LogP contribution in [0, 0.1) is 5.92 Å². The van der Waals surface area contributed by atoms with Crippen molar-refractivity contribution in [2.24, 2.45) is 5.92 Å². The van der Waals surface area contributed by atoms with Gasteiger partial charge in [0, 0.05) is 24.3 Å². The molecule has 0 aromatic heterocycles. The zero-order valence-corrected chi connectivity index (χ0v) is 13.3. The smallest absolute Gasteiger partial charge is 0.161 e. The first-order chi connectivity index (χ1) is 10.7. The lowest BCUT2D eigenvalue weighted by atomic mass is 9.52. The van der Waals surface area contributed by atoms with Crippen LogP contribution < -0.4 is 14.8 Å². The fourth-order valence-corrected chi connectivity index (χ4v) is 5.08. The molecule has 2 aliphatic carbocycles. The molecular formula is C18H23NO3. The highest BCUT2D eigenvalue weighted by Crippen LogP contribution is 2.54. The highest BCUT2D eigenvalue weighted by molar-refractivity contribution is 5.81. The van der Waals surface area contributed by atoms with E-state index in [0.717, 1.165) is 43.7 Å². The summed E-state index contributed by atoms with van der Waals surface area (Å²) >= 11 is 0. The molecular weight excluding hydrogens is 278 g/mol. The molecule has 4 nitrogen and oxygen atoms in total. The lowest BCUT2D eigenvalue weighted by molar-refractivity contribution is -0.125. The van der Waals surface area contributed by atoms with E-state index in [9.17, 15) is 4.79 Å². The van der Waals surface area contributed by atoms with Crippen molar-refractivity contribution in [1.82, 2.24) is 5.32 Å². The topological polar surface area (TPSA) is 47.6 Å². The van der Waals surface area contributed by atoms with Crippen molar-refractivity contribution >= 4 is 5.78 Å². The summed E-state index contributed by atoms with van der Waals surface area (Å²) in [4.78, 5) is 12.2. The van der Waals surface area contributed by atoms with E-state index in [1.807, 2.05) is 0 Å². The molecule has 1 heterocycles. The second kappa shape index (κ2) is 4.98. The van der Waals surface area contributed by atoms with E-state index >= 15 is 0 Å². The number of rotatable bonds is 2. The number of nitrogens with one attached hydrogen (secondary N) is 1. The molecule has 3 atom stereocenters. The van der Waals surface area contributed by atoms with Crippen LogP contribution in [0.3, 0.4) is 0 Å². The van der Waals surface area contributed by atoms with Gasteiger partial charge in [-0.15, -0.1) is 0 Å². The Morgan fingerprint density at radius 2 is 2.00 bits per heavy atom. The first-order valence-corrected chi connectivity index (χ1v) is 8.18. The van der Waals surface area contributed by atoms with Gasteiger partial charge in [-0.25, -0.2) is 0 Å². The molecule has 1 aliphatic heterocycles. The van der Waals surface area contributed by atoms with Gasteiger partial charge in [0.1, 0.15) is 5.78 Å². The molecule has 2 fully saturated rings. The quantitative estimate of drug-likeness (QED) is 0.910. The van der Waals surface area contributed by atoms with E-state index < -0.39 is 0 Å². The molecule has 0 unspecified atom stereocenters. The zero-order valence-electron chi connectivity index (χ0n) is 13.3. The zero-order chi connectivity index (χ0) is 15.3. The van der Waals surface area contributed by atoms with Crippen molar-refractivity contribution in [3.63, 3.8) is 0 Å². The number of ether oxygens (including phenoxy) is 2. The van der Waals surface area contributed by atoms with Gasteiger partial charge in [-0.05, 0) is 55.0 Å². The van der Waals surface area contributed by atoms with Crippen molar-refractivity contribution in [2.75, 3.05) is 20.8 Å². The van der Waals surface area contributed by atoms with Crippen LogP contribution in [-0.4, -0.2) is 32.6 Å². The van der Waals surface area contributed by atoms with Gasteiger partial charge in [-0.3, -0.25) is 4.79 Å². The number of ketones is 1. The average Bonchev–Trinajstić information content (AvgIpc) is 2.53. The fraction of sp³-hybridized carbons (Fsp3) is 0.611. The van der Waals surface area contributed by atoms with Crippen molar-refractivity contribution < 1.29 is 14.3 Å². The van der Waals surface area contributed by atoms with Crippen LogP contribution >= 0.6 is 0 Å². The largest absolute Gasteiger partial charge is 0.493 e. The number of benzene rings is 1. The Morgan fingerprint density at radius 3 is 2.77 bits per heavy atom. The van der Waals surface area contributed by atoms with Crippen molar-refractivity contribution in [3.05, 3.63) is 23.3 Å². The number of methoxy groups -OCH3 is 2. The summed E-state index contributed by atoms with van der Waals surface area (Å²) in [5, 5.41) is 3.68. The molecule has 4 heteroatoms. The minimum Gasteiger partial charge on any atom is -0.493 e. The van der Waals surface area contributed by atoms with Gasteiger partial charge in [0.15, 0.2) is 11.5 Å². The minimum absolute atomic E-state index is 0.0123. The van der Waals surface area contributed by atoms with Crippen molar-refractivity contribution in [2.45, 2.75) is 43.6 Å². The molecule has 3 aliphatic rings. The summed E-state index contributed by atoms with van der Waals surface area (Å²) in [6, 6.07) is 4.75. The van der Waals surface area contributed by atoms with E-state index in [1.165, 1.54) is 11.1 Å². The van der Waals surface area contributed by atoms with E-state index in [0.29, 0.717) is 24.2 Å². The highest BCUT2D eigenvalue weighted by atomic mass is 16.5. The summed E-state index contributed by atoms with van der Waals surface area (Å²) < 4.78 is 11.0. The van der Waals surface area contributed by atoms with Crippen molar-refractivity contribution in [1.29, 1.82) is 0 Å². The van der Waals surface area contributed by atoms with Gasteiger partial charge in [0.25, 0.3) is 0 Å². The number of carbonyl (C=O) groups is 1. The average molecular weight is 301 g/mol. The Morgan fingerprint density at radius 1 is 1.23 bits per heavy atom. The minimum atomic E-state index is 0.0123. The predicted molar refractivity (Wildman–Crippen MR) is 83.7 cm³/mol. The lowest BCUT2D eigenvalue weighted by Crippen LogP contribution is -2.60. The first-order valence-electron chi connectivity index (χ1n) is 8.18.